The largest absolute Gasteiger partial charge is 0.355 e. The summed E-state index contributed by atoms with van der Waals surface area (Å²) in [6, 6.07) is 5.82. The minimum Gasteiger partial charge on any atom is -0.355 e. The maximum absolute atomic E-state index is 12.4. The van der Waals surface area contributed by atoms with E-state index in [1.807, 2.05) is 6.92 Å². The second-order valence-electron chi connectivity index (χ2n) is 5.96. The summed E-state index contributed by atoms with van der Waals surface area (Å²) in [6.45, 7) is 5.02. The van der Waals surface area contributed by atoms with Gasteiger partial charge in [0.15, 0.2) is 0 Å². The topological polar surface area (TPSA) is 78.5 Å². The summed E-state index contributed by atoms with van der Waals surface area (Å²) < 4.78 is 27.4. The van der Waals surface area contributed by atoms with E-state index < -0.39 is 10.0 Å². The van der Waals surface area contributed by atoms with E-state index in [0.29, 0.717) is 5.56 Å². The Kier molecular flexibility index (Phi) is 6.15. The number of nitrogens with zero attached hydrogens (tertiary/aromatic N) is 1. The van der Waals surface area contributed by atoms with Crippen LogP contribution in [0, 0.1) is 0 Å². The van der Waals surface area contributed by atoms with Crippen LogP contribution in [-0.2, 0) is 10.0 Å². The Morgan fingerprint density at radius 1 is 1.22 bits per heavy atom. The minimum absolute atomic E-state index is 0.126. The lowest BCUT2D eigenvalue weighted by Crippen LogP contribution is -2.35. The van der Waals surface area contributed by atoms with Crippen molar-refractivity contribution in [3.8, 4) is 0 Å². The molecule has 2 rings (SSSR count). The minimum atomic E-state index is -3.55. The Morgan fingerprint density at radius 2 is 1.83 bits per heavy atom. The van der Waals surface area contributed by atoms with Gasteiger partial charge in [0, 0.05) is 18.7 Å². The lowest BCUT2D eigenvalue weighted by molar-refractivity contribution is 0.0963. The zero-order valence-corrected chi connectivity index (χ0v) is 14.5. The quantitative estimate of drug-likeness (QED) is 0.782. The Bertz CT molecular complexity index is 622. The van der Waals surface area contributed by atoms with Crippen molar-refractivity contribution in [2.75, 3.05) is 26.7 Å². The molecular weight excluding hydrogens is 314 g/mol. The molecule has 0 aliphatic carbocycles. The van der Waals surface area contributed by atoms with Crippen LogP contribution in [0.25, 0.3) is 0 Å². The van der Waals surface area contributed by atoms with Gasteiger partial charge in [-0.3, -0.25) is 4.79 Å². The lowest BCUT2D eigenvalue weighted by Gasteiger charge is -2.19. The molecule has 128 valence electrons. The predicted octanol–water partition coefficient (Wildman–Crippen LogP) is 1.20. The second kappa shape index (κ2) is 7.90. The first-order valence-corrected chi connectivity index (χ1v) is 9.47. The van der Waals surface area contributed by atoms with Crippen molar-refractivity contribution in [1.29, 1.82) is 0 Å². The molecule has 1 aliphatic rings. The number of amides is 1. The molecule has 1 fully saturated rings. The molecule has 1 aromatic rings. The third-order valence-corrected chi connectivity index (χ3v) is 5.69. The summed E-state index contributed by atoms with van der Waals surface area (Å²) in [4.78, 5) is 14.0. The van der Waals surface area contributed by atoms with Crippen molar-refractivity contribution >= 4 is 15.9 Å². The highest BCUT2D eigenvalue weighted by atomic mass is 32.2. The molecule has 0 spiro atoms. The van der Waals surface area contributed by atoms with Crippen LogP contribution in [0.4, 0.5) is 0 Å². The number of hydrogen-bond acceptors (Lipinski definition) is 4. The Balaban J connectivity index is 1.93. The second-order valence-corrected chi connectivity index (χ2v) is 7.68. The van der Waals surface area contributed by atoms with E-state index in [4.69, 9.17) is 0 Å². The van der Waals surface area contributed by atoms with Crippen LogP contribution in [0.3, 0.4) is 0 Å². The zero-order valence-electron chi connectivity index (χ0n) is 13.7. The van der Waals surface area contributed by atoms with Gasteiger partial charge in [0.25, 0.3) is 5.91 Å². The number of likely N-dealkylation sites (tertiary alicyclic amines) is 1. The molecule has 1 atom stereocenters. The first-order valence-electron chi connectivity index (χ1n) is 7.99. The summed E-state index contributed by atoms with van der Waals surface area (Å²) in [5, 5.41) is 2.51. The highest BCUT2D eigenvalue weighted by Crippen LogP contribution is 2.13. The number of carbonyl (C=O) groups excluding carboxylic acids is 1. The van der Waals surface area contributed by atoms with Crippen LogP contribution < -0.4 is 10.0 Å². The van der Waals surface area contributed by atoms with Gasteiger partial charge in [-0.1, -0.05) is 0 Å². The van der Waals surface area contributed by atoms with Crippen LogP contribution in [0.5, 0.6) is 0 Å². The van der Waals surface area contributed by atoms with Crippen molar-refractivity contribution in [2.45, 2.75) is 37.1 Å². The van der Waals surface area contributed by atoms with E-state index in [0.717, 1.165) is 26.1 Å². The van der Waals surface area contributed by atoms with Crippen LogP contribution in [0.15, 0.2) is 29.2 Å². The average Bonchev–Trinajstić information content (AvgIpc) is 3.05. The van der Waals surface area contributed by atoms with Crippen LogP contribution in [0.2, 0.25) is 0 Å². The van der Waals surface area contributed by atoms with Gasteiger partial charge in [-0.05, 0) is 70.1 Å². The summed E-state index contributed by atoms with van der Waals surface area (Å²) in [5.74, 6) is -0.235. The third-order valence-electron chi connectivity index (χ3n) is 4.09. The number of carbonyl (C=O) groups is 1. The van der Waals surface area contributed by atoms with E-state index in [2.05, 4.69) is 14.9 Å². The van der Waals surface area contributed by atoms with E-state index in [1.54, 1.807) is 0 Å². The number of benzene rings is 1. The van der Waals surface area contributed by atoms with Gasteiger partial charge in [-0.25, -0.2) is 13.1 Å². The molecule has 1 aliphatic heterocycles. The highest BCUT2D eigenvalue weighted by molar-refractivity contribution is 7.89. The molecule has 0 radical (unpaired) electrons. The van der Waals surface area contributed by atoms with Gasteiger partial charge in [-0.2, -0.15) is 0 Å². The number of sulfonamides is 1. The first-order chi connectivity index (χ1) is 10.9. The maximum Gasteiger partial charge on any atom is 0.251 e. The Morgan fingerprint density at radius 3 is 2.39 bits per heavy atom. The van der Waals surface area contributed by atoms with E-state index in [9.17, 15) is 13.2 Å². The van der Waals surface area contributed by atoms with Gasteiger partial charge in [0.2, 0.25) is 10.0 Å². The van der Waals surface area contributed by atoms with Gasteiger partial charge in [0.05, 0.1) is 4.90 Å². The fraction of sp³-hybridized carbons (Fsp3) is 0.562. The zero-order chi connectivity index (χ0) is 16.9. The number of nitrogens with one attached hydrogen (secondary N) is 2. The number of rotatable bonds is 7. The van der Waals surface area contributed by atoms with Crippen LogP contribution in [0.1, 0.15) is 36.5 Å². The average molecular weight is 339 g/mol. The van der Waals surface area contributed by atoms with Gasteiger partial charge in [0.1, 0.15) is 0 Å². The van der Waals surface area contributed by atoms with E-state index in [-0.39, 0.29) is 16.8 Å². The molecule has 1 heterocycles. The van der Waals surface area contributed by atoms with Crippen molar-refractivity contribution in [1.82, 2.24) is 14.9 Å². The summed E-state index contributed by atoms with van der Waals surface area (Å²) in [7, 11) is -2.02. The van der Waals surface area contributed by atoms with Crippen LogP contribution in [-0.4, -0.2) is 51.9 Å². The Hall–Kier alpha value is -1.44. The molecule has 0 bridgehead atoms. The SMILES string of the molecule is CNC(=O)c1ccc(S(=O)(=O)NC(C)CCN2CCCC2)cc1. The molecule has 1 amide bonds. The fourth-order valence-electron chi connectivity index (χ4n) is 2.70. The van der Waals surface area contributed by atoms with Crippen molar-refractivity contribution < 1.29 is 13.2 Å². The van der Waals surface area contributed by atoms with Gasteiger partial charge < -0.3 is 10.2 Å². The number of hydrogen-bond donors (Lipinski definition) is 2. The van der Waals surface area contributed by atoms with Gasteiger partial charge in [-0.15, -0.1) is 0 Å². The standard InChI is InChI=1S/C16H25N3O3S/c1-13(9-12-19-10-3-4-11-19)18-23(21,22)15-7-5-14(6-8-15)16(20)17-2/h5-8,13,18H,3-4,9-12H2,1-2H3,(H,17,20). The first kappa shape index (κ1) is 17.9. The lowest BCUT2D eigenvalue weighted by atomic mass is 10.2. The highest BCUT2D eigenvalue weighted by Gasteiger charge is 2.19. The third kappa shape index (κ3) is 5.02. The summed E-state index contributed by atoms with van der Waals surface area (Å²) in [5.41, 5.74) is 0.438. The summed E-state index contributed by atoms with van der Waals surface area (Å²) >= 11 is 0. The molecule has 0 saturated carbocycles. The smallest absolute Gasteiger partial charge is 0.251 e. The van der Waals surface area contributed by atoms with E-state index in [1.165, 1.54) is 44.2 Å². The normalized spacial score (nSPS) is 17.1. The monoisotopic (exact) mass is 339 g/mol. The van der Waals surface area contributed by atoms with Gasteiger partial charge >= 0.3 is 0 Å². The molecule has 7 heteroatoms. The molecule has 1 aromatic carbocycles. The molecule has 6 nitrogen and oxygen atoms in total. The fourth-order valence-corrected chi connectivity index (χ4v) is 3.98. The molecule has 23 heavy (non-hydrogen) atoms. The molecule has 0 aromatic heterocycles. The summed E-state index contributed by atoms with van der Waals surface area (Å²) in [6.07, 6.45) is 3.26. The molecular formula is C16H25N3O3S. The Labute approximate surface area is 138 Å². The molecule has 1 saturated heterocycles. The van der Waals surface area contributed by atoms with Crippen molar-refractivity contribution in [3.63, 3.8) is 0 Å². The van der Waals surface area contributed by atoms with Crippen LogP contribution >= 0.6 is 0 Å². The molecule has 2 N–H and O–H groups in total. The predicted molar refractivity (Wildman–Crippen MR) is 89.9 cm³/mol. The van der Waals surface area contributed by atoms with Crippen molar-refractivity contribution in [2.24, 2.45) is 0 Å². The maximum atomic E-state index is 12.4. The van der Waals surface area contributed by atoms with E-state index >= 15 is 0 Å². The molecule has 1 unspecified atom stereocenters. The van der Waals surface area contributed by atoms with Crippen molar-refractivity contribution in [3.05, 3.63) is 29.8 Å².